The van der Waals surface area contributed by atoms with E-state index in [4.69, 9.17) is 0 Å². The van der Waals surface area contributed by atoms with E-state index in [-0.39, 0.29) is 0 Å². The summed E-state index contributed by atoms with van der Waals surface area (Å²) in [6.45, 7) is 5.02. The van der Waals surface area contributed by atoms with Crippen LogP contribution in [0.25, 0.3) is 0 Å². The number of likely N-dealkylation sites (tertiary alicyclic amines) is 1. The summed E-state index contributed by atoms with van der Waals surface area (Å²) in [6, 6.07) is 2.67. The summed E-state index contributed by atoms with van der Waals surface area (Å²) in [6.07, 6.45) is 5.42. The van der Waals surface area contributed by atoms with E-state index in [2.05, 4.69) is 23.7 Å². The van der Waals surface area contributed by atoms with Gasteiger partial charge in [0.1, 0.15) is 0 Å². The molecule has 2 aliphatic heterocycles. The van der Waals surface area contributed by atoms with Crippen molar-refractivity contribution in [2.24, 2.45) is 0 Å². The first-order valence-electron chi connectivity index (χ1n) is 7.99. The van der Waals surface area contributed by atoms with Crippen molar-refractivity contribution in [3.8, 4) is 0 Å². The Balaban J connectivity index is 1.48. The smallest absolute Gasteiger partial charge is 0.223 e. The molecule has 116 valence electrons. The molecule has 1 amide bonds. The van der Waals surface area contributed by atoms with Crippen molar-refractivity contribution in [1.82, 2.24) is 10.2 Å². The van der Waals surface area contributed by atoms with Crippen molar-refractivity contribution < 1.29 is 4.79 Å². The molecule has 0 saturated carbocycles. The number of carbonyl (C=O) groups excluding carboxylic acids is 1. The van der Waals surface area contributed by atoms with Crippen molar-refractivity contribution in [3.05, 3.63) is 17.0 Å². The average molecular weight is 325 g/mol. The van der Waals surface area contributed by atoms with E-state index >= 15 is 0 Å². The standard InChI is InChI=1S/C16H24N2OS2/c1-12-11-14(13-6-10-20-16(13)21-12)17-7-5-15(19)18-8-3-2-4-9-18/h6,10,12,14,17H,2-5,7-9,11H2,1H3/t12-,14?/m0/s1. The molecule has 1 unspecified atom stereocenters. The molecule has 0 aliphatic carbocycles. The molecule has 0 spiro atoms. The number of nitrogens with zero attached hydrogens (tertiary/aromatic N) is 1. The van der Waals surface area contributed by atoms with Crippen LogP contribution in [-0.4, -0.2) is 35.7 Å². The van der Waals surface area contributed by atoms with Gasteiger partial charge >= 0.3 is 0 Å². The van der Waals surface area contributed by atoms with Crippen molar-refractivity contribution >= 4 is 29.0 Å². The van der Waals surface area contributed by atoms with Crippen LogP contribution in [0.15, 0.2) is 15.7 Å². The molecule has 3 rings (SSSR count). The molecule has 0 radical (unpaired) electrons. The summed E-state index contributed by atoms with van der Waals surface area (Å²) in [5.41, 5.74) is 1.44. The zero-order valence-electron chi connectivity index (χ0n) is 12.6. The van der Waals surface area contributed by atoms with Crippen LogP contribution in [0.2, 0.25) is 0 Å². The zero-order chi connectivity index (χ0) is 14.7. The number of fused-ring (bicyclic) bond motifs is 1. The van der Waals surface area contributed by atoms with Crippen LogP contribution in [0.5, 0.6) is 0 Å². The number of thiophene rings is 1. The molecular formula is C16H24N2OS2. The van der Waals surface area contributed by atoms with Gasteiger partial charge in [0.2, 0.25) is 5.91 Å². The number of hydrogen-bond donors (Lipinski definition) is 1. The second-order valence-electron chi connectivity index (χ2n) is 6.03. The molecule has 21 heavy (non-hydrogen) atoms. The summed E-state index contributed by atoms with van der Waals surface area (Å²) < 4.78 is 1.45. The highest BCUT2D eigenvalue weighted by molar-refractivity contribution is 8.01. The van der Waals surface area contributed by atoms with Gasteiger partial charge in [-0.25, -0.2) is 0 Å². The minimum atomic E-state index is 0.325. The highest BCUT2D eigenvalue weighted by Crippen LogP contribution is 2.43. The third-order valence-corrected chi connectivity index (χ3v) is 6.69. The van der Waals surface area contributed by atoms with E-state index in [0.29, 0.717) is 23.6 Å². The molecule has 5 heteroatoms. The summed E-state index contributed by atoms with van der Waals surface area (Å²) in [5, 5.41) is 6.45. The van der Waals surface area contributed by atoms with Crippen LogP contribution in [0.3, 0.4) is 0 Å². The Kier molecular flexibility index (Phi) is 5.24. The lowest BCUT2D eigenvalue weighted by Gasteiger charge is -2.29. The van der Waals surface area contributed by atoms with Gasteiger partial charge in [-0.05, 0) is 42.7 Å². The number of hydrogen-bond acceptors (Lipinski definition) is 4. The van der Waals surface area contributed by atoms with Crippen LogP contribution < -0.4 is 5.32 Å². The number of nitrogens with one attached hydrogen (secondary N) is 1. The summed E-state index contributed by atoms with van der Waals surface area (Å²) >= 11 is 3.83. The minimum Gasteiger partial charge on any atom is -0.343 e. The Hall–Kier alpha value is -0.520. The van der Waals surface area contributed by atoms with Gasteiger partial charge in [0.05, 0.1) is 4.21 Å². The second-order valence-corrected chi connectivity index (χ2v) is 8.65. The first kappa shape index (κ1) is 15.4. The maximum atomic E-state index is 12.2. The van der Waals surface area contributed by atoms with Gasteiger partial charge in [-0.15, -0.1) is 23.1 Å². The Morgan fingerprint density at radius 3 is 3.00 bits per heavy atom. The number of thioether (sulfide) groups is 1. The fraction of sp³-hybridized carbons (Fsp3) is 0.688. The molecular weight excluding hydrogens is 300 g/mol. The van der Waals surface area contributed by atoms with E-state index in [0.717, 1.165) is 26.1 Å². The lowest BCUT2D eigenvalue weighted by Crippen LogP contribution is -2.37. The summed E-state index contributed by atoms with van der Waals surface area (Å²) in [5.74, 6) is 0.325. The van der Waals surface area contributed by atoms with Gasteiger partial charge in [-0.3, -0.25) is 4.79 Å². The van der Waals surface area contributed by atoms with Crippen molar-refractivity contribution in [1.29, 1.82) is 0 Å². The fourth-order valence-electron chi connectivity index (χ4n) is 3.20. The quantitative estimate of drug-likeness (QED) is 0.917. The van der Waals surface area contributed by atoms with E-state index < -0.39 is 0 Å². The maximum absolute atomic E-state index is 12.2. The Bertz CT molecular complexity index is 482. The van der Waals surface area contributed by atoms with Crippen LogP contribution in [0.1, 0.15) is 50.6 Å². The fourth-order valence-corrected chi connectivity index (χ4v) is 5.76. The van der Waals surface area contributed by atoms with E-state index in [1.807, 2.05) is 28.0 Å². The molecule has 3 heterocycles. The molecule has 2 atom stereocenters. The predicted octanol–water partition coefficient (Wildman–Crippen LogP) is 3.67. The molecule has 3 nitrogen and oxygen atoms in total. The maximum Gasteiger partial charge on any atom is 0.223 e. The molecule has 1 N–H and O–H groups in total. The Morgan fingerprint density at radius 1 is 1.38 bits per heavy atom. The molecule has 2 aliphatic rings. The van der Waals surface area contributed by atoms with Crippen molar-refractivity contribution in [3.63, 3.8) is 0 Å². The van der Waals surface area contributed by atoms with Gasteiger partial charge < -0.3 is 10.2 Å². The first-order chi connectivity index (χ1) is 10.2. The van der Waals surface area contributed by atoms with Gasteiger partial charge in [0, 0.05) is 37.3 Å². The molecule has 1 saturated heterocycles. The summed E-state index contributed by atoms with van der Waals surface area (Å²) in [4.78, 5) is 14.2. The minimum absolute atomic E-state index is 0.325. The molecule has 0 bridgehead atoms. The van der Waals surface area contributed by atoms with Crippen LogP contribution in [0.4, 0.5) is 0 Å². The van der Waals surface area contributed by atoms with E-state index in [9.17, 15) is 4.79 Å². The SMILES string of the molecule is C[C@H]1CC(NCCC(=O)N2CCCCC2)c2ccsc2S1. The lowest BCUT2D eigenvalue weighted by atomic mass is 10.0. The van der Waals surface area contributed by atoms with Crippen LogP contribution >= 0.6 is 23.1 Å². The normalized spacial score (nSPS) is 25.7. The highest BCUT2D eigenvalue weighted by Gasteiger charge is 2.26. The molecule has 1 aromatic heterocycles. The van der Waals surface area contributed by atoms with E-state index in [1.165, 1.54) is 29.0 Å². The molecule has 1 fully saturated rings. The predicted molar refractivity (Wildman–Crippen MR) is 90.0 cm³/mol. The first-order valence-corrected chi connectivity index (χ1v) is 9.75. The highest BCUT2D eigenvalue weighted by atomic mass is 32.2. The topological polar surface area (TPSA) is 32.3 Å². The third-order valence-electron chi connectivity index (χ3n) is 4.35. The lowest BCUT2D eigenvalue weighted by molar-refractivity contribution is -0.132. The van der Waals surface area contributed by atoms with Crippen molar-refractivity contribution in [2.75, 3.05) is 19.6 Å². The van der Waals surface area contributed by atoms with Gasteiger partial charge in [-0.2, -0.15) is 0 Å². The van der Waals surface area contributed by atoms with Crippen LogP contribution in [0, 0.1) is 0 Å². The van der Waals surface area contributed by atoms with Crippen LogP contribution in [-0.2, 0) is 4.79 Å². The average Bonchev–Trinajstić information content (AvgIpc) is 2.96. The molecule has 1 aromatic rings. The number of rotatable bonds is 4. The second kappa shape index (κ2) is 7.16. The van der Waals surface area contributed by atoms with Gasteiger partial charge in [-0.1, -0.05) is 6.92 Å². The molecule has 0 aromatic carbocycles. The number of piperidine rings is 1. The Labute approximate surface area is 135 Å². The third kappa shape index (κ3) is 3.82. The largest absolute Gasteiger partial charge is 0.343 e. The number of carbonyl (C=O) groups is 1. The Morgan fingerprint density at radius 2 is 2.19 bits per heavy atom. The van der Waals surface area contributed by atoms with Gasteiger partial charge in [0.25, 0.3) is 0 Å². The monoisotopic (exact) mass is 324 g/mol. The van der Waals surface area contributed by atoms with Crippen molar-refractivity contribution in [2.45, 2.75) is 54.5 Å². The van der Waals surface area contributed by atoms with Gasteiger partial charge in [0.15, 0.2) is 0 Å². The number of amides is 1. The summed E-state index contributed by atoms with van der Waals surface area (Å²) in [7, 11) is 0. The zero-order valence-corrected chi connectivity index (χ0v) is 14.3. The van der Waals surface area contributed by atoms with E-state index in [1.54, 1.807) is 0 Å².